The molecule has 4 heteroatoms. The number of nitrogens with two attached hydrogens (primary N) is 1. The summed E-state index contributed by atoms with van der Waals surface area (Å²) in [5.41, 5.74) is 6.10. The van der Waals surface area contributed by atoms with Gasteiger partial charge in [0.1, 0.15) is 5.82 Å². The molecular formula is C11H21N3S. The molecule has 0 aliphatic heterocycles. The molecule has 1 aromatic rings. The Hall–Kier alpha value is -0.480. The number of hydrogen-bond acceptors (Lipinski definition) is 3. The van der Waals surface area contributed by atoms with Crippen molar-refractivity contribution in [1.29, 1.82) is 0 Å². The molecule has 0 fully saturated rings. The fraction of sp³-hybridized carbons (Fsp3) is 0.727. The Morgan fingerprint density at radius 1 is 1.47 bits per heavy atom. The maximum Gasteiger partial charge on any atom is 0.126 e. The van der Waals surface area contributed by atoms with E-state index in [0.717, 1.165) is 24.0 Å². The van der Waals surface area contributed by atoms with Gasteiger partial charge in [-0.15, -0.1) is 0 Å². The Morgan fingerprint density at radius 2 is 2.20 bits per heavy atom. The summed E-state index contributed by atoms with van der Waals surface area (Å²) in [7, 11) is 0. The Morgan fingerprint density at radius 3 is 2.80 bits per heavy atom. The third-order valence-corrected chi connectivity index (χ3v) is 3.67. The highest BCUT2D eigenvalue weighted by atomic mass is 32.2. The Balaban J connectivity index is 2.43. The molecule has 0 spiro atoms. The standard InChI is InChI=1S/C11H21N3S/c1-4-14-6-5-13-11(14)10(12)8-15-7-9(2)3/h5-6,9-10H,4,7-8,12H2,1-3H3. The van der Waals surface area contributed by atoms with E-state index in [9.17, 15) is 0 Å². The Kier molecular flexibility index (Phi) is 5.19. The fourth-order valence-corrected chi connectivity index (χ4v) is 2.43. The minimum atomic E-state index is 0.0590. The second-order valence-electron chi connectivity index (χ2n) is 4.11. The van der Waals surface area contributed by atoms with Gasteiger partial charge in [-0.05, 0) is 18.6 Å². The van der Waals surface area contributed by atoms with Crippen molar-refractivity contribution in [3.05, 3.63) is 18.2 Å². The van der Waals surface area contributed by atoms with Crippen LogP contribution in [-0.2, 0) is 6.54 Å². The van der Waals surface area contributed by atoms with E-state index < -0.39 is 0 Å². The summed E-state index contributed by atoms with van der Waals surface area (Å²) < 4.78 is 2.11. The zero-order valence-electron chi connectivity index (χ0n) is 9.81. The molecule has 0 aliphatic rings. The van der Waals surface area contributed by atoms with Gasteiger partial charge < -0.3 is 10.3 Å². The quantitative estimate of drug-likeness (QED) is 0.811. The first-order chi connectivity index (χ1) is 7.15. The number of thioether (sulfide) groups is 1. The van der Waals surface area contributed by atoms with Crippen LogP contribution in [-0.4, -0.2) is 21.1 Å². The minimum Gasteiger partial charge on any atom is -0.334 e. The van der Waals surface area contributed by atoms with Crippen LogP contribution in [0.2, 0.25) is 0 Å². The predicted octanol–water partition coefficient (Wildman–Crippen LogP) is 2.29. The van der Waals surface area contributed by atoms with Crippen molar-refractivity contribution in [1.82, 2.24) is 9.55 Å². The Bertz CT molecular complexity index is 283. The summed E-state index contributed by atoms with van der Waals surface area (Å²) in [6, 6.07) is 0.0590. The molecule has 0 aliphatic carbocycles. The SMILES string of the molecule is CCn1ccnc1C(N)CSCC(C)C. The van der Waals surface area contributed by atoms with E-state index in [1.54, 1.807) is 0 Å². The van der Waals surface area contributed by atoms with Crippen molar-refractivity contribution in [2.45, 2.75) is 33.4 Å². The second-order valence-corrected chi connectivity index (χ2v) is 5.18. The van der Waals surface area contributed by atoms with Gasteiger partial charge in [0.05, 0.1) is 6.04 Å². The lowest BCUT2D eigenvalue weighted by Crippen LogP contribution is -2.19. The van der Waals surface area contributed by atoms with Gasteiger partial charge in [0.25, 0.3) is 0 Å². The molecule has 15 heavy (non-hydrogen) atoms. The highest BCUT2D eigenvalue weighted by molar-refractivity contribution is 7.99. The van der Waals surface area contributed by atoms with Gasteiger partial charge in [0.15, 0.2) is 0 Å². The van der Waals surface area contributed by atoms with E-state index in [4.69, 9.17) is 5.73 Å². The van der Waals surface area contributed by atoms with E-state index in [-0.39, 0.29) is 6.04 Å². The van der Waals surface area contributed by atoms with Crippen LogP contribution in [0.3, 0.4) is 0 Å². The van der Waals surface area contributed by atoms with Gasteiger partial charge in [-0.2, -0.15) is 11.8 Å². The van der Waals surface area contributed by atoms with Gasteiger partial charge >= 0.3 is 0 Å². The molecule has 86 valence electrons. The maximum absolute atomic E-state index is 6.10. The molecule has 1 unspecified atom stereocenters. The fourth-order valence-electron chi connectivity index (χ4n) is 1.42. The molecule has 0 saturated carbocycles. The Labute approximate surface area is 96.5 Å². The van der Waals surface area contributed by atoms with E-state index in [1.807, 2.05) is 24.2 Å². The predicted molar refractivity (Wildman–Crippen MR) is 67.0 cm³/mol. The highest BCUT2D eigenvalue weighted by Gasteiger charge is 2.11. The molecule has 1 heterocycles. The van der Waals surface area contributed by atoms with Crippen LogP contribution in [0, 0.1) is 5.92 Å². The number of aryl methyl sites for hydroxylation is 1. The van der Waals surface area contributed by atoms with Crippen molar-refractivity contribution in [3.8, 4) is 0 Å². The summed E-state index contributed by atoms with van der Waals surface area (Å²) >= 11 is 1.91. The molecule has 1 rings (SSSR count). The molecule has 0 amide bonds. The van der Waals surface area contributed by atoms with Gasteiger partial charge in [-0.25, -0.2) is 4.98 Å². The first-order valence-corrected chi connectivity index (χ1v) is 6.65. The largest absolute Gasteiger partial charge is 0.334 e. The topological polar surface area (TPSA) is 43.8 Å². The average Bonchev–Trinajstić information content (AvgIpc) is 2.64. The molecule has 0 saturated heterocycles. The van der Waals surface area contributed by atoms with Gasteiger partial charge in [0.2, 0.25) is 0 Å². The first kappa shape index (κ1) is 12.6. The third-order valence-electron chi connectivity index (χ3n) is 2.17. The number of hydrogen-bond donors (Lipinski definition) is 1. The van der Waals surface area contributed by atoms with Crippen LogP contribution in [0.1, 0.15) is 32.6 Å². The highest BCUT2D eigenvalue weighted by Crippen LogP contribution is 2.16. The molecule has 0 bridgehead atoms. The van der Waals surface area contributed by atoms with Crippen molar-refractivity contribution >= 4 is 11.8 Å². The molecule has 0 radical (unpaired) electrons. The third kappa shape index (κ3) is 3.87. The van der Waals surface area contributed by atoms with Crippen LogP contribution in [0.4, 0.5) is 0 Å². The van der Waals surface area contributed by atoms with Crippen molar-refractivity contribution < 1.29 is 0 Å². The van der Waals surface area contributed by atoms with Gasteiger partial charge in [-0.3, -0.25) is 0 Å². The number of aromatic nitrogens is 2. The summed E-state index contributed by atoms with van der Waals surface area (Å²) in [6.45, 7) is 7.51. The van der Waals surface area contributed by atoms with Crippen LogP contribution in [0.25, 0.3) is 0 Å². The van der Waals surface area contributed by atoms with Gasteiger partial charge in [-0.1, -0.05) is 13.8 Å². The van der Waals surface area contributed by atoms with E-state index >= 15 is 0 Å². The lowest BCUT2D eigenvalue weighted by molar-refractivity contribution is 0.641. The average molecular weight is 227 g/mol. The number of imidazole rings is 1. The maximum atomic E-state index is 6.10. The molecule has 0 aromatic carbocycles. The number of nitrogens with zero attached hydrogens (tertiary/aromatic N) is 2. The van der Waals surface area contributed by atoms with Crippen molar-refractivity contribution in [2.75, 3.05) is 11.5 Å². The monoisotopic (exact) mass is 227 g/mol. The molecule has 1 aromatic heterocycles. The lowest BCUT2D eigenvalue weighted by Gasteiger charge is -2.13. The zero-order chi connectivity index (χ0) is 11.3. The van der Waals surface area contributed by atoms with Crippen molar-refractivity contribution in [2.24, 2.45) is 11.7 Å². The molecule has 2 N–H and O–H groups in total. The summed E-state index contributed by atoms with van der Waals surface area (Å²) in [6.07, 6.45) is 3.81. The van der Waals surface area contributed by atoms with Crippen LogP contribution in [0.15, 0.2) is 12.4 Å². The number of rotatable bonds is 6. The molecular weight excluding hydrogens is 206 g/mol. The minimum absolute atomic E-state index is 0.0590. The second kappa shape index (κ2) is 6.18. The van der Waals surface area contributed by atoms with Crippen LogP contribution in [0.5, 0.6) is 0 Å². The smallest absolute Gasteiger partial charge is 0.126 e. The molecule has 3 nitrogen and oxygen atoms in total. The van der Waals surface area contributed by atoms with Crippen LogP contribution >= 0.6 is 11.8 Å². The summed E-state index contributed by atoms with van der Waals surface area (Å²) in [5, 5.41) is 0. The summed E-state index contributed by atoms with van der Waals surface area (Å²) in [5.74, 6) is 3.86. The zero-order valence-corrected chi connectivity index (χ0v) is 10.6. The van der Waals surface area contributed by atoms with Crippen molar-refractivity contribution in [3.63, 3.8) is 0 Å². The molecule has 1 atom stereocenters. The van der Waals surface area contributed by atoms with Crippen LogP contribution < -0.4 is 5.73 Å². The summed E-state index contributed by atoms with van der Waals surface area (Å²) in [4.78, 5) is 4.31. The van der Waals surface area contributed by atoms with E-state index in [2.05, 4.69) is 30.3 Å². The first-order valence-electron chi connectivity index (χ1n) is 5.49. The normalized spacial score (nSPS) is 13.4. The van der Waals surface area contributed by atoms with Gasteiger partial charge in [0, 0.05) is 24.7 Å². The van der Waals surface area contributed by atoms with E-state index in [0.29, 0.717) is 0 Å². The van der Waals surface area contributed by atoms with E-state index in [1.165, 1.54) is 5.75 Å². The lowest BCUT2D eigenvalue weighted by atomic mass is 10.3.